The molecule has 16 heavy (non-hydrogen) atoms. The van der Waals surface area contributed by atoms with Crippen LogP contribution in [0, 0.1) is 0 Å². The van der Waals surface area contributed by atoms with Gasteiger partial charge in [0.25, 0.3) is 0 Å². The van der Waals surface area contributed by atoms with Gasteiger partial charge in [-0.3, -0.25) is 4.79 Å². The van der Waals surface area contributed by atoms with Crippen molar-refractivity contribution in [2.45, 2.75) is 24.3 Å². The van der Waals surface area contributed by atoms with Crippen LogP contribution in [0.3, 0.4) is 0 Å². The van der Waals surface area contributed by atoms with Gasteiger partial charge in [-0.25, -0.2) is 13.1 Å². The molecule has 1 atom stereocenters. The van der Waals surface area contributed by atoms with Crippen LogP contribution in [-0.2, 0) is 10.0 Å². The highest BCUT2D eigenvalue weighted by atomic mass is 32.2. The summed E-state index contributed by atoms with van der Waals surface area (Å²) in [6.45, 7) is 5.22. The summed E-state index contributed by atoms with van der Waals surface area (Å²) in [5, 5.41) is 0. The number of H-pyrrole nitrogens is 1. The number of aromatic nitrogens is 1. The summed E-state index contributed by atoms with van der Waals surface area (Å²) < 4.78 is 25.9. The summed E-state index contributed by atoms with van der Waals surface area (Å²) in [5.41, 5.74) is -0.531. The van der Waals surface area contributed by atoms with E-state index in [9.17, 15) is 13.2 Å². The second-order valence-electron chi connectivity index (χ2n) is 3.42. The quantitative estimate of drug-likeness (QED) is 0.743. The smallest absolute Gasteiger partial charge is 0.246 e. The van der Waals surface area contributed by atoms with Crippen molar-refractivity contribution in [1.29, 1.82) is 0 Å². The molecular formula is C10H14N2O3S. The third kappa shape index (κ3) is 3.04. The van der Waals surface area contributed by atoms with Crippen LogP contribution in [0.2, 0.25) is 0 Å². The van der Waals surface area contributed by atoms with Crippen LogP contribution in [0.1, 0.15) is 13.3 Å². The first-order valence-electron chi connectivity index (χ1n) is 4.77. The number of hydrogen-bond donors (Lipinski definition) is 2. The summed E-state index contributed by atoms with van der Waals surface area (Å²) in [6.07, 6.45) is 4.67. The number of rotatable bonds is 5. The van der Waals surface area contributed by atoms with Crippen LogP contribution in [0.15, 0.2) is 40.8 Å². The lowest BCUT2D eigenvalue weighted by molar-refractivity contribution is 0.561. The number of nitrogens with one attached hydrogen (secondary N) is 2. The van der Waals surface area contributed by atoms with E-state index in [0.717, 1.165) is 0 Å². The zero-order valence-corrected chi connectivity index (χ0v) is 9.75. The molecular weight excluding hydrogens is 228 g/mol. The van der Waals surface area contributed by atoms with Crippen molar-refractivity contribution in [3.63, 3.8) is 0 Å². The van der Waals surface area contributed by atoms with Crippen molar-refractivity contribution in [3.8, 4) is 0 Å². The van der Waals surface area contributed by atoms with Gasteiger partial charge in [0.1, 0.15) is 4.90 Å². The third-order valence-electron chi connectivity index (χ3n) is 1.95. The molecule has 0 bridgehead atoms. The van der Waals surface area contributed by atoms with E-state index < -0.39 is 15.5 Å². The van der Waals surface area contributed by atoms with E-state index in [1.54, 1.807) is 13.0 Å². The van der Waals surface area contributed by atoms with E-state index in [1.807, 2.05) is 0 Å². The summed E-state index contributed by atoms with van der Waals surface area (Å²) in [6, 6.07) is 0.884. The second-order valence-corrected chi connectivity index (χ2v) is 5.10. The molecule has 0 radical (unpaired) electrons. The molecule has 2 N–H and O–H groups in total. The van der Waals surface area contributed by atoms with Gasteiger partial charge in [-0.15, -0.1) is 6.58 Å². The van der Waals surface area contributed by atoms with Crippen molar-refractivity contribution < 1.29 is 8.42 Å². The van der Waals surface area contributed by atoms with Gasteiger partial charge >= 0.3 is 0 Å². The standard InChI is InChI=1S/C10H14N2O3S/c1-3-4-8(2)12-16(14,15)10-7-11-6-5-9(10)13/h3,5-8,12H,1,4H2,2H3,(H,11,13). The predicted molar refractivity (Wildman–Crippen MR) is 61.7 cm³/mol. The van der Waals surface area contributed by atoms with Crippen LogP contribution in [-0.4, -0.2) is 19.4 Å². The number of pyridine rings is 1. The minimum atomic E-state index is -3.75. The van der Waals surface area contributed by atoms with Gasteiger partial charge in [-0.2, -0.15) is 0 Å². The molecule has 1 aromatic rings. The number of sulfonamides is 1. The molecule has 1 aromatic heterocycles. The van der Waals surface area contributed by atoms with Gasteiger partial charge in [-0.1, -0.05) is 6.08 Å². The molecule has 1 unspecified atom stereocenters. The van der Waals surface area contributed by atoms with Crippen LogP contribution >= 0.6 is 0 Å². The maximum absolute atomic E-state index is 11.8. The normalized spacial score (nSPS) is 13.3. The average molecular weight is 242 g/mol. The van der Waals surface area contributed by atoms with E-state index in [2.05, 4.69) is 16.3 Å². The molecule has 0 saturated heterocycles. The Hall–Kier alpha value is -1.40. The number of aromatic amines is 1. The molecule has 6 heteroatoms. The first-order valence-corrected chi connectivity index (χ1v) is 6.26. The molecule has 0 spiro atoms. The van der Waals surface area contributed by atoms with Gasteiger partial charge < -0.3 is 4.98 Å². The Morgan fingerprint density at radius 1 is 1.62 bits per heavy atom. The fraction of sp³-hybridized carbons (Fsp3) is 0.300. The van der Waals surface area contributed by atoms with E-state index in [-0.39, 0.29) is 10.9 Å². The lowest BCUT2D eigenvalue weighted by Crippen LogP contribution is -2.34. The van der Waals surface area contributed by atoms with E-state index in [1.165, 1.54) is 18.5 Å². The van der Waals surface area contributed by atoms with Gasteiger partial charge in [0.2, 0.25) is 15.5 Å². The first-order chi connectivity index (χ1) is 7.47. The largest absolute Gasteiger partial charge is 0.366 e. The molecule has 0 aliphatic rings. The lowest BCUT2D eigenvalue weighted by Gasteiger charge is -2.11. The topological polar surface area (TPSA) is 79.0 Å². The predicted octanol–water partition coefficient (Wildman–Crippen LogP) is 0.618. The molecule has 88 valence electrons. The second kappa shape index (κ2) is 5.09. The zero-order chi connectivity index (χ0) is 12.2. The summed E-state index contributed by atoms with van der Waals surface area (Å²) in [7, 11) is -3.75. The molecule has 0 aliphatic heterocycles. The monoisotopic (exact) mass is 242 g/mol. The van der Waals surface area contributed by atoms with E-state index >= 15 is 0 Å². The molecule has 0 fully saturated rings. The molecule has 0 aliphatic carbocycles. The minimum Gasteiger partial charge on any atom is -0.366 e. The average Bonchev–Trinajstić information content (AvgIpc) is 2.17. The highest BCUT2D eigenvalue weighted by Gasteiger charge is 2.19. The van der Waals surface area contributed by atoms with Crippen molar-refractivity contribution in [1.82, 2.24) is 9.71 Å². The van der Waals surface area contributed by atoms with Gasteiger partial charge in [0.05, 0.1) is 0 Å². The Kier molecular flexibility index (Phi) is 4.03. The number of hydrogen-bond acceptors (Lipinski definition) is 3. The maximum Gasteiger partial charge on any atom is 0.246 e. The van der Waals surface area contributed by atoms with Crippen LogP contribution < -0.4 is 10.2 Å². The molecule has 1 rings (SSSR count). The van der Waals surface area contributed by atoms with Crippen molar-refractivity contribution in [2.75, 3.05) is 0 Å². The van der Waals surface area contributed by atoms with Crippen LogP contribution in [0.5, 0.6) is 0 Å². The Bertz CT molecular complexity index is 519. The summed E-state index contributed by atoms with van der Waals surface area (Å²) in [5.74, 6) is 0. The van der Waals surface area contributed by atoms with Crippen LogP contribution in [0.25, 0.3) is 0 Å². The minimum absolute atomic E-state index is 0.272. The highest BCUT2D eigenvalue weighted by Crippen LogP contribution is 2.03. The Morgan fingerprint density at radius 3 is 2.88 bits per heavy atom. The Labute approximate surface area is 94.3 Å². The first kappa shape index (κ1) is 12.7. The summed E-state index contributed by atoms with van der Waals surface area (Å²) in [4.78, 5) is 13.6. The van der Waals surface area contributed by atoms with Gasteiger partial charge in [-0.05, 0) is 13.3 Å². The highest BCUT2D eigenvalue weighted by molar-refractivity contribution is 7.89. The third-order valence-corrected chi connectivity index (χ3v) is 3.57. The summed E-state index contributed by atoms with van der Waals surface area (Å²) >= 11 is 0. The lowest BCUT2D eigenvalue weighted by atomic mass is 10.3. The molecule has 0 aromatic carbocycles. The van der Waals surface area contributed by atoms with E-state index in [0.29, 0.717) is 6.42 Å². The molecule has 1 heterocycles. The zero-order valence-electron chi connectivity index (χ0n) is 8.93. The van der Waals surface area contributed by atoms with Gasteiger partial charge in [0.15, 0.2) is 0 Å². The SMILES string of the molecule is C=CCC(C)NS(=O)(=O)c1c[nH]ccc1=O. The Morgan fingerprint density at radius 2 is 2.31 bits per heavy atom. The van der Waals surface area contributed by atoms with Crippen molar-refractivity contribution in [2.24, 2.45) is 0 Å². The molecule has 0 amide bonds. The maximum atomic E-state index is 11.8. The fourth-order valence-corrected chi connectivity index (χ4v) is 2.55. The van der Waals surface area contributed by atoms with Crippen molar-refractivity contribution in [3.05, 3.63) is 41.3 Å². The molecule has 5 nitrogen and oxygen atoms in total. The van der Waals surface area contributed by atoms with E-state index in [4.69, 9.17) is 0 Å². The van der Waals surface area contributed by atoms with Crippen LogP contribution in [0.4, 0.5) is 0 Å². The molecule has 0 saturated carbocycles. The fourth-order valence-electron chi connectivity index (χ4n) is 1.24. The van der Waals surface area contributed by atoms with Gasteiger partial charge in [0, 0.05) is 24.5 Å². The van der Waals surface area contributed by atoms with Crippen molar-refractivity contribution >= 4 is 10.0 Å². The Balaban J connectivity index is 3.00.